The third-order valence-corrected chi connectivity index (χ3v) is 9.58. The molecule has 0 spiro atoms. The number of fused-ring (bicyclic) bond motifs is 1. The molecule has 1 aliphatic heterocycles. The lowest BCUT2D eigenvalue weighted by Crippen LogP contribution is -2.50. The maximum atomic E-state index is 13.7. The minimum atomic E-state index is -3.90. The summed E-state index contributed by atoms with van der Waals surface area (Å²) in [6.45, 7) is 3.93. The zero-order chi connectivity index (χ0) is 25.9. The number of ether oxygens (including phenoxy) is 1. The van der Waals surface area contributed by atoms with Crippen molar-refractivity contribution >= 4 is 15.9 Å². The van der Waals surface area contributed by atoms with E-state index in [0.29, 0.717) is 6.54 Å². The van der Waals surface area contributed by atoms with Gasteiger partial charge in [-0.05, 0) is 43.0 Å². The van der Waals surface area contributed by atoms with Gasteiger partial charge in [0.15, 0.2) is 0 Å². The Balaban J connectivity index is 1.70. The molecule has 1 fully saturated rings. The van der Waals surface area contributed by atoms with Crippen molar-refractivity contribution in [1.29, 1.82) is 0 Å². The predicted octanol–water partition coefficient (Wildman–Crippen LogP) is 4.16. The van der Waals surface area contributed by atoms with Crippen molar-refractivity contribution in [2.45, 2.75) is 63.0 Å². The van der Waals surface area contributed by atoms with Crippen LogP contribution in [0.2, 0.25) is 0 Å². The average molecular weight is 515 g/mol. The van der Waals surface area contributed by atoms with Crippen molar-refractivity contribution in [2.24, 2.45) is 11.8 Å². The van der Waals surface area contributed by atoms with Crippen LogP contribution >= 0.6 is 0 Å². The van der Waals surface area contributed by atoms with Crippen molar-refractivity contribution in [3.63, 3.8) is 0 Å². The summed E-state index contributed by atoms with van der Waals surface area (Å²) in [7, 11) is -2.09. The Morgan fingerprint density at radius 1 is 1.11 bits per heavy atom. The van der Waals surface area contributed by atoms with Gasteiger partial charge in [-0.1, -0.05) is 62.6 Å². The zero-order valence-electron chi connectivity index (χ0n) is 21.5. The Labute approximate surface area is 215 Å². The number of sulfonamides is 1. The third kappa shape index (κ3) is 5.61. The molecule has 36 heavy (non-hydrogen) atoms. The number of benzene rings is 2. The lowest BCUT2D eigenvalue weighted by Gasteiger charge is -2.38. The fraction of sp³-hybridized carbons (Fsp3) is 0.536. The Kier molecular flexibility index (Phi) is 8.37. The molecule has 2 aromatic rings. The highest BCUT2D eigenvalue weighted by molar-refractivity contribution is 7.89. The fourth-order valence-electron chi connectivity index (χ4n) is 5.27. The Bertz CT molecular complexity index is 1150. The number of rotatable bonds is 6. The van der Waals surface area contributed by atoms with Gasteiger partial charge < -0.3 is 14.7 Å². The van der Waals surface area contributed by atoms with Crippen LogP contribution in [-0.2, 0) is 14.8 Å². The summed E-state index contributed by atoms with van der Waals surface area (Å²) in [6.07, 6.45) is 4.80. The Morgan fingerprint density at radius 3 is 2.47 bits per heavy atom. The van der Waals surface area contributed by atoms with Gasteiger partial charge in [0, 0.05) is 31.5 Å². The van der Waals surface area contributed by atoms with E-state index in [9.17, 15) is 18.3 Å². The molecule has 196 valence electrons. The normalized spacial score (nSPS) is 23.6. The molecule has 1 amide bonds. The summed E-state index contributed by atoms with van der Waals surface area (Å²) in [5, 5.41) is 9.85. The highest BCUT2D eigenvalue weighted by atomic mass is 32.2. The van der Waals surface area contributed by atoms with Crippen LogP contribution in [0.15, 0.2) is 53.4 Å². The highest BCUT2D eigenvalue weighted by Gasteiger charge is 2.39. The molecular weight excluding hydrogens is 476 g/mol. The van der Waals surface area contributed by atoms with Crippen LogP contribution in [0.5, 0.6) is 5.75 Å². The van der Waals surface area contributed by atoms with Gasteiger partial charge in [0.25, 0.3) is 0 Å². The van der Waals surface area contributed by atoms with Crippen molar-refractivity contribution in [3.05, 3.63) is 48.5 Å². The van der Waals surface area contributed by atoms with E-state index in [1.807, 2.05) is 44.3 Å². The van der Waals surface area contributed by atoms with Crippen LogP contribution in [0.25, 0.3) is 11.1 Å². The van der Waals surface area contributed by atoms with Crippen LogP contribution in [0.3, 0.4) is 0 Å². The maximum Gasteiger partial charge on any atom is 0.247 e. The van der Waals surface area contributed by atoms with E-state index in [1.165, 1.54) is 10.7 Å². The number of hydrogen-bond donors (Lipinski definition) is 1. The van der Waals surface area contributed by atoms with Crippen LogP contribution in [0.1, 0.15) is 46.0 Å². The Morgan fingerprint density at radius 2 is 1.81 bits per heavy atom. The molecule has 0 unspecified atom stereocenters. The third-order valence-electron chi connectivity index (χ3n) is 7.56. The first kappa shape index (κ1) is 26.6. The van der Waals surface area contributed by atoms with Crippen molar-refractivity contribution in [3.8, 4) is 16.9 Å². The zero-order valence-corrected chi connectivity index (χ0v) is 22.3. The van der Waals surface area contributed by atoms with E-state index in [0.717, 1.165) is 36.8 Å². The standard InChI is InChI=1S/C28H38N2O5S/c1-20-17-30(21(2)19-31)36(33,34)27-15-14-24(22-10-6-4-7-11-22)16-25(27)35-26(20)18-29(3)28(32)23-12-8-5-9-13-23/h4,6-7,10-11,14-16,20-21,23,26,31H,5,8-9,12-13,17-19H2,1-3H3/t20-,21+,26-/m0/s1. The smallest absolute Gasteiger partial charge is 0.247 e. The molecule has 0 saturated heterocycles. The first-order valence-corrected chi connectivity index (χ1v) is 14.4. The molecule has 2 aliphatic rings. The van der Waals surface area contributed by atoms with E-state index >= 15 is 0 Å². The lowest BCUT2D eigenvalue weighted by atomic mass is 9.88. The number of hydrogen-bond acceptors (Lipinski definition) is 5. The van der Waals surface area contributed by atoms with Gasteiger partial charge in [-0.3, -0.25) is 4.79 Å². The van der Waals surface area contributed by atoms with Gasteiger partial charge in [-0.2, -0.15) is 4.31 Å². The monoisotopic (exact) mass is 514 g/mol. The Hall–Kier alpha value is -2.42. The second-order valence-electron chi connectivity index (χ2n) is 10.3. The molecule has 3 atom stereocenters. The van der Waals surface area contributed by atoms with Crippen molar-refractivity contribution in [1.82, 2.24) is 9.21 Å². The van der Waals surface area contributed by atoms with Crippen LogP contribution < -0.4 is 4.74 Å². The molecule has 7 nitrogen and oxygen atoms in total. The summed E-state index contributed by atoms with van der Waals surface area (Å²) in [5.41, 5.74) is 1.81. The molecule has 1 heterocycles. The summed E-state index contributed by atoms with van der Waals surface area (Å²) in [6, 6.07) is 14.3. The average Bonchev–Trinajstić information content (AvgIpc) is 2.90. The first-order chi connectivity index (χ1) is 17.2. The van der Waals surface area contributed by atoms with Crippen molar-refractivity contribution in [2.75, 3.05) is 26.7 Å². The summed E-state index contributed by atoms with van der Waals surface area (Å²) < 4.78 is 35.2. The van der Waals surface area contributed by atoms with Crippen LogP contribution in [-0.4, -0.2) is 67.5 Å². The number of carbonyl (C=O) groups is 1. The minimum absolute atomic E-state index is 0.0517. The van der Waals surface area contributed by atoms with E-state index in [1.54, 1.807) is 30.0 Å². The molecule has 1 N–H and O–H groups in total. The lowest BCUT2D eigenvalue weighted by molar-refractivity contribution is -0.136. The van der Waals surface area contributed by atoms with Gasteiger partial charge in [-0.25, -0.2) is 8.42 Å². The molecule has 1 aliphatic carbocycles. The summed E-state index contributed by atoms with van der Waals surface area (Å²) in [5.74, 6) is 0.264. The second-order valence-corrected chi connectivity index (χ2v) is 12.2. The van der Waals surface area contributed by atoms with Gasteiger partial charge in [0.05, 0.1) is 13.2 Å². The fourth-order valence-corrected chi connectivity index (χ4v) is 7.10. The van der Waals surface area contributed by atoms with Crippen molar-refractivity contribution < 1.29 is 23.1 Å². The van der Waals surface area contributed by atoms with E-state index in [2.05, 4.69) is 0 Å². The number of carbonyl (C=O) groups excluding carboxylic acids is 1. The first-order valence-electron chi connectivity index (χ1n) is 13.0. The number of nitrogens with zero attached hydrogens (tertiary/aromatic N) is 2. The van der Waals surface area contributed by atoms with Gasteiger partial charge in [0.2, 0.25) is 15.9 Å². The molecule has 0 radical (unpaired) electrons. The largest absolute Gasteiger partial charge is 0.487 e. The SMILES string of the molecule is C[C@H](CO)N1C[C@H](C)[C@H](CN(C)C(=O)C2CCCCC2)Oc2cc(-c3ccccc3)ccc2S1(=O)=O. The van der Waals surface area contributed by atoms with Gasteiger partial charge in [0.1, 0.15) is 16.7 Å². The number of amides is 1. The van der Waals surface area contributed by atoms with Crippen LogP contribution in [0, 0.1) is 11.8 Å². The quantitative estimate of drug-likeness (QED) is 0.626. The number of aliphatic hydroxyl groups excluding tert-OH is 1. The predicted molar refractivity (Wildman–Crippen MR) is 140 cm³/mol. The van der Waals surface area contributed by atoms with Gasteiger partial charge >= 0.3 is 0 Å². The molecule has 0 aromatic heterocycles. The van der Waals surface area contributed by atoms with Gasteiger partial charge in [-0.15, -0.1) is 0 Å². The molecule has 4 rings (SSSR count). The van der Waals surface area contributed by atoms with E-state index in [4.69, 9.17) is 4.74 Å². The molecule has 2 aromatic carbocycles. The van der Waals surface area contributed by atoms with E-state index < -0.39 is 22.2 Å². The molecule has 8 heteroatoms. The number of aliphatic hydroxyl groups is 1. The number of likely N-dealkylation sites (N-methyl/N-ethyl adjacent to an activating group) is 1. The topological polar surface area (TPSA) is 87.2 Å². The van der Waals surface area contributed by atoms with Crippen LogP contribution in [0.4, 0.5) is 0 Å². The maximum absolute atomic E-state index is 13.7. The second kappa shape index (κ2) is 11.3. The minimum Gasteiger partial charge on any atom is -0.487 e. The molecule has 1 saturated carbocycles. The highest BCUT2D eigenvalue weighted by Crippen LogP contribution is 2.36. The molecular formula is C28H38N2O5S. The molecule has 0 bridgehead atoms. The summed E-state index contributed by atoms with van der Waals surface area (Å²) in [4.78, 5) is 15.0. The summed E-state index contributed by atoms with van der Waals surface area (Å²) >= 11 is 0. The van der Waals surface area contributed by atoms with E-state index in [-0.39, 0.29) is 41.5 Å².